The molecule has 3 aromatic rings. The van der Waals surface area contributed by atoms with E-state index in [9.17, 15) is 4.79 Å². The van der Waals surface area contributed by atoms with Crippen molar-refractivity contribution in [3.63, 3.8) is 0 Å². The lowest BCUT2D eigenvalue weighted by molar-refractivity contribution is -0.118. The van der Waals surface area contributed by atoms with E-state index >= 15 is 0 Å². The van der Waals surface area contributed by atoms with Crippen molar-refractivity contribution in [2.45, 2.75) is 63.0 Å². The molecule has 186 valence electrons. The Morgan fingerprint density at radius 3 is 2.77 bits per heavy atom. The maximum Gasteiger partial charge on any atom is 0.218 e. The molecule has 2 fully saturated rings. The fraction of sp³-hybridized carbons (Fsp3) is 0.560. The van der Waals surface area contributed by atoms with Gasteiger partial charge < -0.3 is 20.5 Å². The number of fused-ring (bicyclic) bond motifs is 3. The monoisotopic (exact) mass is 513 g/mol. The van der Waals surface area contributed by atoms with E-state index in [1.165, 1.54) is 22.0 Å². The molecule has 1 atom stereocenters. The molecule has 0 unspecified atom stereocenters. The highest BCUT2D eigenvalue weighted by Gasteiger charge is 2.33. The van der Waals surface area contributed by atoms with Crippen molar-refractivity contribution >= 4 is 50.6 Å². The average molecular weight is 514 g/mol. The molecule has 3 aromatic heterocycles. The highest BCUT2D eigenvalue weighted by Crippen LogP contribution is 2.49. The summed E-state index contributed by atoms with van der Waals surface area (Å²) in [7, 11) is 0. The smallest absolute Gasteiger partial charge is 0.218 e. The van der Waals surface area contributed by atoms with Gasteiger partial charge in [-0.2, -0.15) is 4.37 Å². The van der Waals surface area contributed by atoms with Crippen LogP contribution in [0, 0.1) is 0 Å². The number of hydrogen-bond acceptors (Lipinski definition) is 9. The van der Waals surface area contributed by atoms with Crippen LogP contribution in [-0.4, -0.2) is 58.6 Å². The number of nitrogens with one attached hydrogen (secondary N) is 1. The second-order valence-corrected chi connectivity index (χ2v) is 11.5. The number of amides is 1. The molecule has 10 heteroatoms. The number of rotatable bonds is 7. The lowest BCUT2D eigenvalue weighted by Gasteiger charge is -2.38. The molecular formula is C25H31N5O3S2. The minimum absolute atomic E-state index is 0.148. The quantitative estimate of drug-likeness (QED) is 0.482. The van der Waals surface area contributed by atoms with E-state index in [2.05, 4.69) is 14.6 Å². The van der Waals surface area contributed by atoms with Gasteiger partial charge in [-0.25, -0.2) is 4.98 Å². The third kappa shape index (κ3) is 4.89. The van der Waals surface area contributed by atoms with E-state index in [4.69, 9.17) is 20.2 Å². The van der Waals surface area contributed by atoms with E-state index in [0.29, 0.717) is 12.5 Å². The van der Waals surface area contributed by atoms with Crippen LogP contribution < -0.4 is 15.8 Å². The Kier molecular flexibility index (Phi) is 6.62. The van der Waals surface area contributed by atoms with Crippen molar-refractivity contribution < 1.29 is 14.3 Å². The van der Waals surface area contributed by atoms with Gasteiger partial charge in [0.15, 0.2) is 0 Å². The van der Waals surface area contributed by atoms with Gasteiger partial charge in [-0.15, -0.1) is 11.3 Å². The summed E-state index contributed by atoms with van der Waals surface area (Å²) in [5.74, 6) is 2.30. The summed E-state index contributed by atoms with van der Waals surface area (Å²) in [5, 5.41) is 6.35. The Morgan fingerprint density at radius 2 is 2.03 bits per heavy atom. The lowest BCUT2D eigenvalue weighted by atomic mass is 9.91. The summed E-state index contributed by atoms with van der Waals surface area (Å²) in [6.07, 6.45) is 6.86. The standard InChI is InChI=1S/C25H31N5O3S2/c26-20(31)13-15-1-6-19-23(15)24-18(14-22(28-25(24)35-19)27-21-7-12-34-29-21)33-17-4-2-16(3-5-17)30-8-10-32-11-9-30/h7,12,14-17H,1-6,8-11,13H2,(H2,26,31)(H,27,28,29)/t15-,16-,17-/m1/s1. The number of carbonyl (C=O) groups is 1. The number of nitrogens with two attached hydrogens (primary N) is 1. The number of carbonyl (C=O) groups excluding carboxylic acids is 1. The van der Waals surface area contributed by atoms with Gasteiger partial charge in [-0.05, 0) is 67.6 Å². The van der Waals surface area contributed by atoms with Crippen molar-refractivity contribution in [2.75, 3.05) is 31.6 Å². The lowest BCUT2D eigenvalue weighted by Crippen LogP contribution is -2.46. The average Bonchev–Trinajstić information content (AvgIpc) is 3.58. The maximum atomic E-state index is 11.8. The maximum absolute atomic E-state index is 11.8. The zero-order valence-electron chi connectivity index (χ0n) is 19.7. The first kappa shape index (κ1) is 23.1. The van der Waals surface area contributed by atoms with Crippen molar-refractivity contribution in [2.24, 2.45) is 5.73 Å². The molecule has 3 N–H and O–H groups in total. The van der Waals surface area contributed by atoms with Gasteiger partial charge in [0.25, 0.3) is 0 Å². The fourth-order valence-corrected chi connectivity index (χ4v) is 7.62. The highest BCUT2D eigenvalue weighted by molar-refractivity contribution is 7.19. The van der Waals surface area contributed by atoms with Crippen LogP contribution in [0.1, 0.15) is 54.9 Å². The summed E-state index contributed by atoms with van der Waals surface area (Å²) in [6, 6.07) is 4.59. The van der Waals surface area contributed by atoms with Crippen molar-refractivity contribution in [1.82, 2.24) is 14.3 Å². The van der Waals surface area contributed by atoms with Gasteiger partial charge in [0, 0.05) is 41.9 Å². The molecule has 0 spiro atoms. The zero-order valence-corrected chi connectivity index (χ0v) is 21.3. The molecule has 6 rings (SSSR count). The van der Waals surface area contributed by atoms with Crippen LogP contribution in [0.4, 0.5) is 11.6 Å². The largest absolute Gasteiger partial charge is 0.490 e. The molecule has 1 saturated heterocycles. The van der Waals surface area contributed by atoms with Crippen LogP contribution in [0.2, 0.25) is 0 Å². The minimum atomic E-state index is -0.249. The van der Waals surface area contributed by atoms with Gasteiger partial charge in [-0.1, -0.05) is 0 Å². The second-order valence-electron chi connectivity index (χ2n) is 9.74. The Bertz CT molecular complexity index is 1180. The number of primary amides is 1. The third-order valence-corrected chi connectivity index (χ3v) is 9.23. The minimum Gasteiger partial charge on any atom is -0.490 e. The molecule has 8 nitrogen and oxygen atoms in total. The fourth-order valence-electron chi connectivity index (χ4n) is 5.86. The topological polar surface area (TPSA) is 103 Å². The van der Waals surface area contributed by atoms with E-state index in [-0.39, 0.29) is 17.9 Å². The van der Waals surface area contributed by atoms with Crippen LogP contribution in [0.25, 0.3) is 10.2 Å². The van der Waals surface area contributed by atoms with Gasteiger partial charge in [0.1, 0.15) is 22.2 Å². The number of aromatic nitrogens is 2. The molecule has 2 aliphatic carbocycles. The summed E-state index contributed by atoms with van der Waals surface area (Å²) in [6.45, 7) is 3.76. The van der Waals surface area contributed by atoms with Gasteiger partial charge >= 0.3 is 0 Å². The van der Waals surface area contributed by atoms with Crippen LogP contribution in [0.15, 0.2) is 17.5 Å². The number of aryl methyl sites for hydroxylation is 1. The molecule has 4 heterocycles. The van der Waals surface area contributed by atoms with Crippen LogP contribution in [0.3, 0.4) is 0 Å². The van der Waals surface area contributed by atoms with Gasteiger partial charge in [0.05, 0.1) is 24.7 Å². The van der Waals surface area contributed by atoms with Gasteiger partial charge in [0.2, 0.25) is 5.91 Å². The van der Waals surface area contributed by atoms with Crippen molar-refractivity contribution in [3.05, 3.63) is 28.0 Å². The first-order valence-corrected chi connectivity index (χ1v) is 14.2. The molecule has 35 heavy (non-hydrogen) atoms. The number of pyridine rings is 1. The van der Waals surface area contributed by atoms with E-state index in [1.807, 2.05) is 17.5 Å². The van der Waals surface area contributed by atoms with Crippen LogP contribution in [-0.2, 0) is 16.0 Å². The molecule has 0 bridgehead atoms. The predicted molar refractivity (Wildman–Crippen MR) is 139 cm³/mol. The Hall–Kier alpha value is -2.27. The van der Waals surface area contributed by atoms with Crippen molar-refractivity contribution in [1.29, 1.82) is 0 Å². The summed E-state index contributed by atoms with van der Waals surface area (Å²) in [5.41, 5.74) is 6.82. The number of ether oxygens (including phenoxy) is 2. The molecule has 1 amide bonds. The SMILES string of the molecule is NC(=O)C[C@H]1CCc2sc3nc(Nc4ccsn4)cc(O[C@H]4CC[C@H](N5CCOCC5)CC4)c3c21. The number of morpholine rings is 1. The molecule has 0 aromatic carbocycles. The second kappa shape index (κ2) is 10.0. The number of nitrogens with zero attached hydrogens (tertiary/aromatic N) is 3. The first-order chi connectivity index (χ1) is 17.1. The van der Waals surface area contributed by atoms with E-state index in [1.54, 1.807) is 11.3 Å². The third-order valence-electron chi connectivity index (χ3n) is 7.51. The molecule has 1 saturated carbocycles. The Labute approximate surface area is 213 Å². The molecular weight excluding hydrogens is 482 g/mol. The Morgan fingerprint density at radius 1 is 1.20 bits per heavy atom. The van der Waals surface area contributed by atoms with Gasteiger partial charge in [-0.3, -0.25) is 9.69 Å². The first-order valence-electron chi connectivity index (χ1n) is 12.5. The van der Waals surface area contributed by atoms with Crippen molar-refractivity contribution in [3.8, 4) is 5.75 Å². The number of anilines is 2. The van der Waals surface area contributed by atoms with E-state index in [0.717, 1.165) is 92.4 Å². The predicted octanol–water partition coefficient (Wildman–Crippen LogP) is 4.42. The normalized spacial score (nSPS) is 25.0. The molecule has 1 aliphatic heterocycles. The van der Waals surface area contributed by atoms with E-state index < -0.39 is 0 Å². The Balaban J connectivity index is 1.28. The number of thiophene rings is 1. The molecule has 3 aliphatic rings. The van der Waals surface area contributed by atoms with Crippen LogP contribution >= 0.6 is 22.9 Å². The van der Waals surface area contributed by atoms with Crippen LogP contribution in [0.5, 0.6) is 5.75 Å². The number of hydrogen-bond donors (Lipinski definition) is 2. The summed E-state index contributed by atoms with van der Waals surface area (Å²) in [4.78, 5) is 21.5. The summed E-state index contributed by atoms with van der Waals surface area (Å²) < 4.78 is 16.7. The highest BCUT2D eigenvalue weighted by atomic mass is 32.1. The molecule has 0 radical (unpaired) electrons. The zero-order chi connectivity index (χ0) is 23.8. The summed E-state index contributed by atoms with van der Waals surface area (Å²) >= 11 is 3.13.